The molecule has 2 unspecified atom stereocenters. The maximum absolute atomic E-state index is 6.93. The molecule has 2 atom stereocenters. The van der Waals surface area contributed by atoms with Crippen molar-refractivity contribution >= 4 is 116 Å². The molecule has 324 valence electrons. The van der Waals surface area contributed by atoms with E-state index in [4.69, 9.17) is 4.42 Å². The summed E-state index contributed by atoms with van der Waals surface area (Å²) < 4.78 is 12.2. The molecule has 0 radical (unpaired) electrons. The van der Waals surface area contributed by atoms with Crippen molar-refractivity contribution in [3.63, 3.8) is 0 Å². The van der Waals surface area contributed by atoms with E-state index in [0.717, 1.165) is 28.5 Å². The van der Waals surface area contributed by atoms with Crippen molar-refractivity contribution in [1.29, 1.82) is 0 Å². The SMILES string of the molecule is CC(C)(C)c1ccc2c(c1)N(c1cccc3sc4ccccc4c13)c1cc(N3c4ccc(C(C)(C)C)cc4C4(C)CCCCC34C)cc3c1B2c1cccc2c4oc5ccccc5c4n-3c12. The summed E-state index contributed by atoms with van der Waals surface area (Å²) in [7, 11) is 0. The van der Waals surface area contributed by atoms with E-state index >= 15 is 0 Å². The van der Waals surface area contributed by atoms with Gasteiger partial charge in [-0.1, -0.05) is 134 Å². The summed E-state index contributed by atoms with van der Waals surface area (Å²) in [5, 5.41) is 4.96. The van der Waals surface area contributed by atoms with Gasteiger partial charge in [0, 0.05) is 64.8 Å². The Kier molecular flexibility index (Phi) is 7.56. The van der Waals surface area contributed by atoms with E-state index in [2.05, 4.69) is 203 Å². The van der Waals surface area contributed by atoms with Crippen molar-refractivity contribution in [2.75, 3.05) is 9.80 Å². The smallest absolute Gasteiger partial charge is 0.252 e. The largest absolute Gasteiger partial charge is 0.454 e. The van der Waals surface area contributed by atoms with Gasteiger partial charge >= 0.3 is 0 Å². The highest BCUT2D eigenvalue weighted by atomic mass is 32.1. The zero-order chi connectivity index (χ0) is 44.8. The average molecular weight is 876 g/mol. The van der Waals surface area contributed by atoms with Crippen LogP contribution in [0.1, 0.15) is 97.8 Å². The van der Waals surface area contributed by atoms with Gasteiger partial charge < -0.3 is 18.8 Å². The fourth-order valence-corrected chi connectivity index (χ4v) is 14.4. The molecular weight excluding hydrogens is 822 g/mol. The highest BCUT2D eigenvalue weighted by Crippen LogP contribution is 2.62. The Morgan fingerprint density at radius 2 is 1.27 bits per heavy atom. The average Bonchev–Trinajstić information content (AvgIpc) is 4.02. The summed E-state index contributed by atoms with van der Waals surface area (Å²) in [4.78, 5) is 5.50. The number of hydrogen-bond donors (Lipinski definition) is 0. The third-order valence-corrected chi connectivity index (χ3v) is 18.0. The number of thiophene rings is 1. The van der Waals surface area contributed by atoms with Crippen molar-refractivity contribution in [2.45, 2.75) is 103 Å². The third-order valence-electron chi connectivity index (χ3n) is 16.8. The molecule has 1 aliphatic carbocycles. The van der Waals surface area contributed by atoms with Crippen LogP contribution in [0.2, 0.25) is 0 Å². The summed E-state index contributed by atoms with van der Waals surface area (Å²) in [5.41, 5.74) is 20.0. The minimum Gasteiger partial charge on any atom is -0.454 e. The summed E-state index contributed by atoms with van der Waals surface area (Å²) in [6.07, 6.45) is 4.78. The Bertz CT molecular complexity index is 3760. The van der Waals surface area contributed by atoms with Gasteiger partial charge in [-0.25, -0.2) is 0 Å². The van der Waals surface area contributed by atoms with Gasteiger partial charge in [0.15, 0.2) is 5.58 Å². The van der Waals surface area contributed by atoms with Crippen LogP contribution in [-0.4, -0.2) is 16.8 Å². The maximum Gasteiger partial charge on any atom is 0.252 e. The second-order valence-electron chi connectivity index (χ2n) is 22.4. The van der Waals surface area contributed by atoms with Gasteiger partial charge in [-0.2, -0.15) is 0 Å². The summed E-state index contributed by atoms with van der Waals surface area (Å²) in [5.74, 6) is 0. The first-order valence-corrected chi connectivity index (χ1v) is 25.0. The van der Waals surface area contributed by atoms with Crippen molar-refractivity contribution in [1.82, 2.24) is 4.57 Å². The van der Waals surface area contributed by atoms with Crippen LogP contribution >= 0.6 is 11.3 Å². The maximum atomic E-state index is 6.93. The highest BCUT2D eigenvalue weighted by molar-refractivity contribution is 7.26. The molecule has 6 heterocycles. The Hall–Kier alpha value is -6.24. The molecule has 0 bridgehead atoms. The second kappa shape index (κ2) is 12.8. The van der Waals surface area contributed by atoms with Crippen molar-refractivity contribution in [3.8, 4) is 5.69 Å². The van der Waals surface area contributed by atoms with Crippen molar-refractivity contribution in [3.05, 3.63) is 150 Å². The lowest BCUT2D eigenvalue weighted by atomic mass is 9.33. The van der Waals surface area contributed by atoms with Crippen LogP contribution in [0.4, 0.5) is 28.4 Å². The van der Waals surface area contributed by atoms with E-state index in [1.54, 1.807) is 0 Å². The molecule has 1 saturated carbocycles. The topological polar surface area (TPSA) is 24.6 Å². The number of furan rings is 1. The van der Waals surface area contributed by atoms with Crippen LogP contribution < -0.4 is 26.2 Å². The van der Waals surface area contributed by atoms with Crippen LogP contribution in [0.25, 0.3) is 58.8 Å². The van der Waals surface area contributed by atoms with Crippen LogP contribution in [0.3, 0.4) is 0 Å². The molecule has 4 aliphatic rings. The lowest BCUT2D eigenvalue weighted by Crippen LogP contribution is -2.60. The summed E-state index contributed by atoms with van der Waals surface area (Å²) >= 11 is 1.90. The molecule has 7 aromatic carbocycles. The molecule has 3 aromatic heterocycles. The van der Waals surface area contributed by atoms with E-state index in [-0.39, 0.29) is 28.5 Å². The Balaban J connectivity index is 1.16. The third kappa shape index (κ3) is 4.86. The predicted molar refractivity (Wildman–Crippen MR) is 283 cm³/mol. The molecule has 0 spiro atoms. The number of anilines is 5. The zero-order valence-electron chi connectivity index (χ0n) is 39.3. The molecule has 10 aromatic rings. The first-order valence-electron chi connectivity index (χ1n) is 24.2. The monoisotopic (exact) mass is 875 g/mol. The highest BCUT2D eigenvalue weighted by Gasteiger charge is 2.58. The van der Waals surface area contributed by atoms with Gasteiger partial charge in [0.2, 0.25) is 0 Å². The van der Waals surface area contributed by atoms with Crippen LogP contribution in [-0.2, 0) is 16.2 Å². The lowest BCUT2D eigenvalue weighted by molar-refractivity contribution is 0.195. The van der Waals surface area contributed by atoms with Gasteiger partial charge in [0.25, 0.3) is 6.71 Å². The standard InChI is InChI=1S/C60H54BN3OS/c1-57(2,3)35-26-28-44-41(31-35)59(7)29-13-14-30-60(59,8)64(44)37-33-47-53-48(34-37)63-54-40(56-55(63)38-17-9-11-22-49(38)65-56)19-15-20-43(54)61(53)42-27-25-36(58(4,5)6)32-46(42)62(47)45-21-16-24-51-52(45)39-18-10-12-23-50(39)66-51/h9-12,15-28,31-34H,13-14,29-30H2,1-8H3. The molecule has 0 N–H and O–H groups in total. The quantitative estimate of drug-likeness (QED) is 0.162. The first-order chi connectivity index (χ1) is 31.7. The van der Waals surface area contributed by atoms with E-state index in [1.165, 1.54) is 118 Å². The number of hydrogen-bond acceptors (Lipinski definition) is 4. The van der Waals surface area contributed by atoms with Gasteiger partial charge in [-0.3, -0.25) is 0 Å². The molecule has 0 amide bonds. The van der Waals surface area contributed by atoms with Gasteiger partial charge in [0.1, 0.15) is 11.1 Å². The molecule has 3 aliphatic heterocycles. The van der Waals surface area contributed by atoms with Gasteiger partial charge in [-0.05, 0) is 124 Å². The predicted octanol–water partition coefficient (Wildman–Crippen LogP) is 14.8. The fraction of sp³-hybridized carbons (Fsp3) is 0.267. The number of para-hydroxylation sites is 2. The van der Waals surface area contributed by atoms with E-state index < -0.39 is 0 Å². The minimum atomic E-state index is -0.138. The molecular formula is C60H54BN3OS. The lowest BCUT2D eigenvalue weighted by Gasteiger charge is -2.51. The molecule has 4 nitrogen and oxygen atoms in total. The van der Waals surface area contributed by atoms with Gasteiger partial charge in [-0.15, -0.1) is 11.3 Å². The van der Waals surface area contributed by atoms with Crippen LogP contribution in [0.5, 0.6) is 0 Å². The summed E-state index contributed by atoms with van der Waals surface area (Å²) in [6.45, 7) is 19.3. The van der Waals surface area contributed by atoms with Crippen LogP contribution in [0, 0.1) is 0 Å². The first kappa shape index (κ1) is 39.0. The number of nitrogens with zero attached hydrogens (tertiary/aromatic N) is 3. The van der Waals surface area contributed by atoms with Gasteiger partial charge in [0.05, 0.1) is 16.7 Å². The van der Waals surface area contributed by atoms with E-state index in [1.807, 2.05) is 11.3 Å². The van der Waals surface area contributed by atoms with E-state index in [0.29, 0.717) is 0 Å². The van der Waals surface area contributed by atoms with E-state index in [9.17, 15) is 0 Å². The molecule has 1 fully saturated rings. The Morgan fingerprint density at radius 1 is 0.576 bits per heavy atom. The zero-order valence-corrected chi connectivity index (χ0v) is 40.1. The Morgan fingerprint density at radius 3 is 2.11 bits per heavy atom. The molecule has 6 heteroatoms. The molecule has 66 heavy (non-hydrogen) atoms. The Labute approximate surface area is 391 Å². The number of rotatable bonds is 2. The number of benzene rings is 7. The fourth-order valence-electron chi connectivity index (χ4n) is 13.3. The summed E-state index contributed by atoms with van der Waals surface area (Å²) in [6, 6.07) is 51.7. The van der Waals surface area contributed by atoms with Crippen molar-refractivity contribution < 1.29 is 4.42 Å². The van der Waals surface area contributed by atoms with Crippen molar-refractivity contribution in [2.24, 2.45) is 0 Å². The molecule has 0 saturated heterocycles. The number of aromatic nitrogens is 1. The minimum absolute atomic E-state index is 0.0138. The second-order valence-corrected chi connectivity index (χ2v) is 23.5. The normalized spacial score (nSPS) is 19.9. The number of fused-ring (bicyclic) bond motifs is 15. The van der Waals surface area contributed by atoms with Crippen LogP contribution in [0.15, 0.2) is 138 Å². The molecule has 14 rings (SSSR count).